The van der Waals surface area contributed by atoms with E-state index >= 15 is 0 Å². The SMILES string of the molecule is Cc1ccn2nc(N3CCNCC3C(=O)N(C)C)nc2c1. The Morgan fingerprint density at radius 2 is 2.29 bits per heavy atom. The lowest BCUT2D eigenvalue weighted by atomic mass is 10.2. The zero-order valence-corrected chi connectivity index (χ0v) is 12.6. The van der Waals surface area contributed by atoms with E-state index in [2.05, 4.69) is 15.4 Å². The molecule has 0 radical (unpaired) electrons. The fourth-order valence-electron chi connectivity index (χ4n) is 2.56. The van der Waals surface area contributed by atoms with Crippen LogP contribution in [0.4, 0.5) is 5.95 Å². The smallest absolute Gasteiger partial charge is 0.246 e. The molecule has 1 atom stereocenters. The van der Waals surface area contributed by atoms with Crippen LogP contribution in [0, 0.1) is 6.92 Å². The molecule has 3 heterocycles. The summed E-state index contributed by atoms with van der Waals surface area (Å²) in [5.41, 5.74) is 1.95. The molecule has 1 saturated heterocycles. The quantitative estimate of drug-likeness (QED) is 0.836. The Morgan fingerprint density at radius 1 is 1.48 bits per heavy atom. The Bertz CT molecular complexity index is 665. The lowest BCUT2D eigenvalue weighted by Gasteiger charge is -2.35. The molecule has 0 aliphatic carbocycles. The molecule has 21 heavy (non-hydrogen) atoms. The van der Waals surface area contributed by atoms with Gasteiger partial charge in [0.2, 0.25) is 11.9 Å². The van der Waals surface area contributed by atoms with Gasteiger partial charge >= 0.3 is 0 Å². The monoisotopic (exact) mass is 288 g/mol. The van der Waals surface area contributed by atoms with Crippen molar-refractivity contribution >= 4 is 17.5 Å². The van der Waals surface area contributed by atoms with Crippen LogP contribution in [0.1, 0.15) is 5.56 Å². The number of anilines is 1. The van der Waals surface area contributed by atoms with Crippen LogP contribution in [-0.2, 0) is 4.79 Å². The maximum atomic E-state index is 12.3. The van der Waals surface area contributed by atoms with E-state index in [4.69, 9.17) is 0 Å². The first-order valence-electron chi connectivity index (χ1n) is 7.08. The minimum atomic E-state index is -0.257. The Kier molecular flexibility index (Phi) is 3.50. The first-order valence-corrected chi connectivity index (χ1v) is 7.08. The van der Waals surface area contributed by atoms with Gasteiger partial charge in [0, 0.05) is 39.9 Å². The first-order chi connectivity index (χ1) is 10.1. The van der Waals surface area contributed by atoms with Crippen LogP contribution in [0.25, 0.3) is 5.65 Å². The van der Waals surface area contributed by atoms with E-state index < -0.39 is 0 Å². The number of hydrogen-bond acceptors (Lipinski definition) is 5. The van der Waals surface area contributed by atoms with Gasteiger partial charge in [0.25, 0.3) is 0 Å². The van der Waals surface area contributed by atoms with Crippen LogP contribution >= 0.6 is 0 Å². The summed E-state index contributed by atoms with van der Waals surface area (Å²) < 4.78 is 1.75. The van der Waals surface area contributed by atoms with Crippen molar-refractivity contribution in [3.63, 3.8) is 0 Å². The maximum absolute atomic E-state index is 12.3. The summed E-state index contributed by atoms with van der Waals surface area (Å²) in [7, 11) is 3.55. The second kappa shape index (κ2) is 5.33. The largest absolute Gasteiger partial charge is 0.347 e. The van der Waals surface area contributed by atoms with E-state index in [1.54, 1.807) is 23.5 Å². The highest BCUT2D eigenvalue weighted by Gasteiger charge is 2.32. The Balaban J connectivity index is 1.96. The molecule has 1 unspecified atom stereocenters. The summed E-state index contributed by atoms with van der Waals surface area (Å²) in [5.74, 6) is 0.680. The number of aryl methyl sites for hydroxylation is 1. The molecule has 3 rings (SSSR count). The lowest BCUT2D eigenvalue weighted by Crippen LogP contribution is -2.58. The fraction of sp³-hybridized carbons (Fsp3) is 0.500. The third-order valence-electron chi connectivity index (χ3n) is 3.71. The average Bonchev–Trinajstić information content (AvgIpc) is 2.89. The van der Waals surface area contributed by atoms with Gasteiger partial charge in [0.15, 0.2) is 5.65 Å². The van der Waals surface area contributed by atoms with Crippen molar-refractivity contribution in [2.75, 3.05) is 38.6 Å². The van der Waals surface area contributed by atoms with Gasteiger partial charge in [0.1, 0.15) is 6.04 Å². The highest BCUT2D eigenvalue weighted by molar-refractivity contribution is 5.85. The van der Waals surface area contributed by atoms with E-state index in [-0.39, 0.29) is 11.9 Å². The molecule has 7 heteroatoms. The molecule has 0 spiro atoms. The van der Waals surface area contributed by atoms with Gasteiger partial charge in [-0.25, -0.2) is 4.52 Å². The number of carbonyl (C=O) groups is 1. The summed E-state index contributed by atoms with van der Waals surface area (Å²) in [4.78, 5) is 20.5. The Morgan fingerprint density at radius 3 is 3.05 bits per heavy atom. The number of nitrogens with one attached hydrogen (secondary N) is 1. The predicted molar refractivity (Wildman–Crippen MR) is 80.4 cm³/mol. The maximum Gasteiger partial charge on any atom is 0.246 e. The molecular formula is C14H20N6O. The molecule has 1 fully saturated rings. The topological polar surface area (TPSA) is 65.8 Å². The lowest BCUT2D eigenvalue weighted by molar-refractivity contribution is -0.130. The van der Waals surface area contributed by atoms with Gasteiger partial charge < -0.3 is 15.1 Å². The number of aromatic nitrogens is 3. The summed E-state index contributed by atoms with van der Waals surface area (Å²) >= 11 is 0. The summed E-state index contributed by atoms with van der Waals surface area (Å²) in [6, 6.07) is 3.72. The van der Waals surface area contributed by atoms with Crippen molar-refractivity contribution in [2.24, 2.45) is 0 Å². The van der Waals surface area contributed by atoms with Crippen molar-refractivity contribution in [2.45, 2.75) is 13.0 Å². The molecule has 0 bridgehead atoms. The zero-order valence-electron chi connectivity index (χ0n) is 12.6. The standard InChI is InChI=1S/C14H20N6O/c1-10-4-6-20-12(8-10)16-14(17-20)19-7-5-15-9-11(19)13(21)18(2)3/h4,6,8,11,15H,5,7,9H2,1-3H3. The number of likely N-dealkylation sites (N-methyl/N-ethyl adjacent to an activating group) is 1. The van der Waals surface area contributed by atoms with Crippen LogP contribution < -0.4 is 10.2 Å². The third kappa shape index (κ3) is 2.56. The van der Waals surface area contributed by atoms with Gasteiger partial charge in [-0.15, -0.1) is 5.10 Å². The number of pyridine rings is 1. The van der Waals surface area contributed by atoms with Crippen LogP contribution in [0.5, 0.6) is 0 Å². The first kappa shape index (κ1) is 13.8. The molecule has 0 aromatic carbocycles. The minimum Gasteiger partial charge on any atom is -0.347 e. The van der Waals surface area contributed by atoms with Crippen LogP contribution in [0.3, 0.4) is 0 Å². The molecule has 112 valence electrons. The second-order valence-corrected chi connectivity index (χ2v) is 5.56. The Hall–Kier alpha value is -2.15. The summed E-state index contributed by atoms with van der Waals surface area (Å²) in [6.45, 7) is 4.19. The van der Waals surface area contributed by atoms with Crippen molar-refractivity contribution in [3.8, 4) is 0 Å². The summed E-state index contributed by atoms with van der Waals surface area (Å²) in [6.07, 6.45) is 1.89. The predicted octanol–water partition coefficient (Wildman–Crippen LogP) is -0.0959. The molecule has 1 aliphatic rings. The highest BCUT2D eigenvalue weighted by atomic mass is 16.2. The fourth-order valence-corrected chi connectivity index (χ4v) is 2.56. The van der Waals surface area contributed by atoms with Crippen molar-refractivity contribution in [1.82, 2.24) is 24.8 Å². The van der Waals surface area contributed by atoms with Gasteiger partial charge in [-0.2, -0.15) is 4.98 Å². The second-order valence-electron chi connectivity index (χ2n) is 5.56. The summed E-state index contributed by atoms with van der Waals surface area (Å²) in [5, 5.41) is 7.76. The van der Waals surface area contributed by atoms with Gasteiger partial charge in [0.05, 0.1) is 0 Å². The number of fused-ring (bicyclic) bond motifs is 1. The van der Waals surface area contributed by atoms with E-state index in [1.807, 2.05) is 30.2 Å². The van der Waals surface area contributed by atoms with E-state index in [1.165, 1.54) is 0 Å². The number of amides is 1. The Labute approximate surface area is 123 Å². The van der Waals surface area contributed by atoms with Crippen molar-refractivity contribution in [3.05, 3.63) is 23.9 Å². The molecule has 7 nitrogen and oxygen atoms in total. The van der Waals surface area contributed by atoms with Gasteiger partial charge in [-0.1, -0.05) is 0 Å². The number of rotatable bonds is 2. The van der Waals surface area contributed by atoms with E-state index in [9.17, 15) is 4.79 Å². The van der Waals surface area contributed by atoms with Crippen LogP contribution in [0.15, 0.2) is 18.3 Å². The minimum absolute atomic E-state index is 0.0669. The number of nitrogens with zero attached hydrogens (tertiary/aromatic N) is 5. The average molecular weight is 288 g/mol. The zero-order chi connectivity index (χ0) is 15.0. The van der Waals surface area contributed by atoms with Crippen molar-refractivity contribution < 1.29 is 4.79 Å². The molecule has 1 amide bonds. The van der Waals surface area contributed by atoms with E-state index in [0.717, 1.165) is 24.3 Å². The normalized spacial score (nSPS) is 19.0. The molecule has 0 saturated carbocycles. The highest BCUT2D eigenvalue weighted by Crippen LogP contribution is 2.17. The molecule has 1 aliphatic heterocycles. The van der Waals surface area contributed by atoms with E-state index in [0.29, 0.717) is 12.5 Å². The van der Waals surface area contributed by atoms with Gasteiger partial charge in [-0.3, -0.25) is 4.79 Å². The molecule has 2 aromatic heterocycles. The number of carbonyl (C=O) groups excluding carboxylic acids is 1. The third-order valence-corrected chi connectivity index (χ3v) is 3.71. The molecule has 2 aromatic rings. The van der Waals surface area contributed by atoms with Crippen molar-refractivity contribution in [1.29, 1.82) is 0 Å². The molecular weight excluding hydrogens is 268 g/mol. The van der Waals surface area contributed by atoms with Gasteiger partial charge in [-0.05, 0) is 24.6 Å². The van der Waals surface area contributed by atoms with Crippen LogP contribution in [0.2, 0.25) is 0 Å². The number of piperazine rings is 1. The molecule has 1 N–H and O–H groups in total. The van der Waals surface area contributed by atoms with Crippen LogP contribution in [-0.4, -0.2) is 65.2 Å². The number of hydrogen-bond donors (Lipinski definition) is 1.